The van der Waals surface area contributed by atoms with Gasteiger partial charge in [-0.15, -0.1) is 0 Å². The molecule has 0 heterocycles. The number of aliphatic carboxylic acids is 1. The third-order valence-electron chi connectivity index (χ3n) is 3.22. The molecule has 0 unspecified atom stereocenters. The first-order chi connectivity index (χ1) is 10.5. The molecule has 0 aliphatic heterocycles. The minimum Gasteiger partial charge on any atom is -0.481 e. The van der Waals surface area contributed by atoms with Gasteiger partial charge in [0.05, 0.1) is 5.41 Å². The molecule has 4 nitrogen and oxygen atoms in total. The van der Waals surface area contributed by atoms with Gasteiger partial charge < -0.3 is 15.2 Å². The molecule has 1 rings (SSSR count). The van der Waals surface area contributed by atoms with Crippen LogP contribution in [0.2, 0.25) is 0 Å². The van der Waals surface area contributed by atoms with E-state index in [0.29, 0.717) is 18.5 Å². The maximum atomic E-state index is 13.6. The molecule has 0 saturated carbocycles. The lowest BCUT2D eigenvalue weighted by molar-refractivity contribution is -0.153. The average molecular weight is 337 g/mol. The van der Waals surface area contributed by atoms with Crippen molar-refractivity contribution in [2.24, 2.45) is 5.41 Å². The van der Waals surface area contributed by atoms with E-state index >= 15 is 0 Å². The first-order valence-electron chi connectivity index (χ1n) is 6.93. The van der Waals surface area contributed by atoms with Gasteiger partial charge >= 0.3 is 12.1 Å². The number of ether oxygens (including phenoxy) is 1. The van der Waals surface area contributed by atoms with Gasteiger partial charge in [-0.1, -0.05) is 6.07 Å². The van der Waals surface area contributed by atoms with Crippen molar-refractivity contribution in [1.29, 1.82) is 0 Å². The van der Waals surface area contributed by atoms with Crippen LogP contribution in [0.1, 0.15) is 25.8 Å². The maximum absolute atomic E-state index is 13.6. The second-order valence-electron chi connectivity index (χ2n) is 5.78. The van der Waals surface area contributed by atoms with E-state index < -0.39 is 35.7 Å². The number of carboxylic acids is 1. The fourth-order valence-electron chi connectivity index (χ4n) is 1.67. The Hall–Kier alpha value is -1.83. The van der Waals surface area contributed by atoms with Crippen LogP contribution in [0, 0.1) is 11.2 Å². The molecule has 0 saturated heterocycles. The van der Waals surface area contributed by atoms with Crippen LogP contribution in [-0.4, -0.2) is 30.4 Å². The molecule has 8 heteroatoms. The molecule has 2 N–H and O–H groups in total. The van der Waals surface area contributed by atoms with Gasteiger partial charge in [0.1, 0.15) is 0 Å². The van der Waals surface area contributed by atoms with Gasteiger partial charge in [-0.05, 0) is 44.5 Å². The van der Waals surface area contributed by atoms with E-state index in [-0.39, 0.29) is 6.54 Å². The Morgan fingerprint density at radius 2 is 1.96 bits per heavy atom. The van der Waals surface area contributed by atoms with Gasteiger partial charge in [0.2, 0.25) is 0 Å². The van der Waals surface area contributed by atoms with Crippen LogP contribution in [0.15, 0.2) is 18.2 Å². The van der Waals surface area contributed by atoms with Crippen molar-refractivity contribution in [3.8, 4) is 5.75 Å². The van der Waals surface area contributed by atoms with Crippen LogP contribution >= 0.6 is 0 Å². The Bertz CT molecular complexity index is 544. The number of rotatable bonds is 8. The molecule has 0 atom stereocenters. The van der Waals surface area contributed by atoms with Gasteiger partial charge in [0.15, 0.2) is 18.2 Å². The largest absolute Gasteiger partial charge is 0.481 e. The fraction of sp³-hybridized carbons (Fsp3) is 0.533. The molecule has 0 aliphatic carbocycles. The normalized spacial score (nSPS) is 12.3. The first-order valence-corrected chi connectivity index (χ1v) is 6.93. The summed E-state index contributed by atoms with van der Waals surface area (Å²) in [6, 6.07) is 3.67. The van der Waals surface area contributed by atoms with E-state index in [2.05, 4.69) is 10.1 Å². The predicted molar refractivity (Wildman–Crippen MR) is 75.7 cm³/mol. The zero-order valence-electron chi connectivity index (χ0n) is 12.8. The standard InChI is InChI=1S/C15H19F4NO3/c1-14(2,13(21)22)5-6-20-8-10-3-4-12(11(16)7-10)23-9-15(17,18)19/h3-4,7,20H,5-6,8-9H2,1-2H3,(H,21,22). The van der Waals surface area contributed by atoms with Gasteiger partial charge in [0, 0.05) is 6.54 Å². The summed E-state index contributed by atoms with van der Waals surface area (Å²) in [4.78, 5) is 10.9. The topological polar surface area (TPSA) is 58.6 Å². The third kappa shape index (κ3) is 6.85. The third-order valence-corrected chi connectivity index (χ3v) is 3.22. The number of halogens is 4. The number of carbonyl (C=O) groups is 1. The highest BCUT2D eigenvalue weighted by Gasteiger charge is 2.29. The molecule has 0 aliphatic rings. The van der Waals surface area contributed by atoms with Crippen LogP contribution in [0.4, 0.5) is 17.6 Å². The lowest BCUT2D eigenvalue weighted by Crippen LogP contribution is -2.28. The van der Waals surface area contributed by atoms with E-state index in [9.17, 15) is 22.4 Å². The molecule has 0 spiro atoms. The number of alkyl halides is 3. The van der Waals surface area contributed by atoms with E-state index in [4.69, 9.17) is 5.11 Å². The Balaban J connectivity index is 2.47. The summed E-state index contributed by atoms with van der Waals surface area (Å²) in [5.41, 5.74) is -0.344. The average Bonchev–Trinajstić information content (AvgIpc) is 2.41. The summed E-state index contributed by atoms with van der Waals surface area (Å²) in [5.74, 6) is -2.24. The van der Waals surface area contributed by atoms with Crippen molar-refractivity contribution in [3.05, 3.63) is 29.6 Å². The van der Waals surface area contributed by atoms with Crippen LogP contribution in [-0.2, 0) is 11.3 Å². The Labute approximate surface area is 131 Å². The summed E-state index contributed by atoms with van der Waals surface area (Å²) in [7, 11) is 0. The van der Waals surface area contributed by atoms with Gasteiger partial charge in [-0.3, -0.25) is 4.79 Å². The van der Waals surface area contributed by atoms with Gasteiger partial charge in [-0.2, -0.15) is 13.2 Å². The van der Waals surface area contributed by atoms with Crippen LogP contribution < -0.4 is 10.1 Å². The first kappa shape index (κ1) is 19.2. The number of nitrogens with one attached hydrogen (secondary N) is 1. The van der Waals surface area contributed by atoms with Crippen molar-refractivity contribution in [1.82, 2.24) is 5.32 Å². The van der Waals surface area contributed by atoms with Crippen molar-refractivity contribution in [2.45, 2.75) is 33.0 Å². The van der Waals surface area contributed by atoms with E-state index in [0.717, 1.165) is 12.1 Å². The summed E-state index contributed by atoms with van der Waals surface area (Å²) >= 11 is 0. The van der Waals surface area contributed by atoms with Crippen molar-refractivity contribution < 1.29 is 32.2 Å². The highest BCUT2D eigenvalue weighted by Crippen LogP contribution is 2.22. The zero-order valence-corrected chi connectivity index (χ0v) is 12.8. The van der Waals surface area contributed by atoms with Gasteiger partial charge in [-0.25, -0.2) is 4.39 Å². The molecular formula is C15H19F4NO3. The van der Waals surface area contributed by atoms with E-state index in [1.165, 1.54) is 6.07 Å². The maximum Gasteiger partial charge on any atom is 0.422 e. The quantitative estimate of drug-likeness (QED) is 0.564. The zero-order chi connectivity index (χ0) is 17.7. The summed E-state index contributed by atoms with van der Waals surface area (Å²) < 4.78 is 54.0. The number of carboxylic acid groups (broad SMARTS) is 1. The summed E-state index contributed by atoms with van der Waals surface area (Å²) in [5, 5.41) is 11.9. The highest BCUT2D eigenvalue weighted by molar-refractivity contribution is 5.73. The number of hydrogen-bond acceptors (Lipinski definition) is 3. The predicted octanol–water partition coefficient (Wildman–Crippen LogP) is 3.36. The SMILES string of the molecule is CC(C)(CCNCc1ccc(OCC(F)(F)F)c(F)c1)C(=O)O. The molecule has 130 valence electrons. The Morgan fingerprint density at radius 1 is 1.30 bits per heavy atom. The monoisotopic (exact) mass is 337 g/mol. The molecule has 0 fully saturated rings. The second kappa shape index (κ2) is 7.63. The summed E-state index contributed by atoms with van der Waals surface area (Å²) in [6.07, 6.45) is -4.14. The lowest BCUT2D eigenvalue weighted by Gasteiger charge is -2.19. The second-order valence-corrected chi connectivity index (χ2v) is 5.78. The molecular weight excluding hydrogens is 318 g/mol. The molecule has 0 aromatic heterocycles. The lowest BCUT2D eigenvalue weighted by atomic mass is 9.90. The number of benzene rings is 1. The van der Waals surface area contributed by atoms with Crippen molar-refractivity contribution in [2.75, 3.05) is 13.2 Å². The Morgan fingerprint density at radius 3 is 2.48 bits per heavy atom. The highest BCUT2D eigenvalue weighted by atomic mass is 19.4. The van der Waals surface area contributed by atoms with Crippen LogP contribution in [0.5, 0.6) is 5.75 Å². The molecule has 0 amide bonds. The molecule has 0 radical (unpaired) electrons. The summed E-state index contributed by atoms with van der Waals surface area (Å²) in [6.45, 7) is 2.33. The molecule has 23 heavy (non-hydrogen) atoms. The smallest absolute Gasteiger partial charge is 0.422 e. The van der Waals surface area contributed by atoms with Gasteiger partial charge in [0.25, 0.3) is 0 Å². The molecule has 1 aromatic carbocycles. The minimum atomic E-state index is -4.52. The van der Waals surface area contributed by atoms with Crippen LogP contribution in [0.3, 0.4) is 0 Å². The minimum absolute atomic E-state index is 0.270. The molecule has 1 aromatic rings. The molecule has 0 bridgehead atoms. The fourth-order valence-corrected chi connectivity index (χ4v) is 1.67. The van der Waals surface area contributed by atoms with E-state index in [1.54, 1.807) is 13.8 Å². The van der Waals surface area contributed by atoms with E-state index in [1.807, 2.05) is 0 Å². The van der Waals surface area contributed by atoms with Crippen LogP contribution in [0.25, 0.3) is 0 Å². The number of hydrogen-bond donors (Lipinski definition) is 2. The Kier molecular flexibility index (Phi) is 6.37. The van der Waals surface area contributed by atoms with Crippen molar-refractivity contribution in [3.63, 3.8) is 0 Å². The van der Waals surface area contributed by atoms with Crippen molar-refractivity contribution >= 4 is 5.97 Å².